The molecular weight excluding hydrogens is 360 g/mol. The van der Waals surface area contributed by atoms with Crippen LogP contribution < -0.4 is 9.47 Å². The zero-order chi connectivity index (χ0) is 17.2. The first-order valence-electron chi connectivity index (χ1n) is 7.69. The molecule has 0 amide bonds. The fraction of sp³-hybridized carbons (Fsp3) is 0.556. The van der Waals surface area contributed by atoms with Crippen LogP contribution >= 0.6 is 15.9 Å². The number of methoxy groups -OCH3 is 2. The minimum atomic E-state index is 0.207. The van der Waals surface area contributed by atoms with E-state index in [1.165, 1.54) is 5.57 Å². The molecule has 0 aliphatic heterocycles. The molecule has 130 valence electrons. The summed E-state index contributed by atoms with van der Waals surface area (Å²) in [5.41, 5.74) is 2.43. The number of rotatable bonds is 10. The second-order valence-corrected chi connectivity index (χ2v) is 6.70. The van der Waals surface area contributed by atoms with Gasteiger partial charge in [-0.2, -0.15) is 0 Å². The van der Waals surface area contributed by atoms with Gasteiger partial charge in [0.15, 0.2) is 13.6 Å². The fourth-order valence-corrected chi connectivity index (χ4v) is 2.67. The van der Waals surface area contributed by atoms with E-state index < -0.39 is 0 Å². The van der Waals surface area contributed by atoms with E-state index in [4.69, 9.17) is 18.9 Å². The summed E-state index contributed by atoms with van der Waals surface area (Å²) in [4.78, 5) is 0. The lowest BCUT2D eigenvalue weighted by molar-refractivity contribution is 0.0474. The van der Waals surface area contributed by atoms with Gasteiger partial charge in [-0.15, -0.1) is 0 Å². The summed E-state index contributed by atoms with van der Waals surface area (Å²) in [5.74, 6) is 2.18. The summed E-state index contributed by atoms with van der Waals surface area (Å²) in [6, 6.07) is 3.89. The minimum absolute atomic E-state index is 0.207. The quantitative estimate of drug-likeness (QED) is 0.421. The van der Waals surface area contributed by atoms with E-state index in [-0.39, 0.29) is 13.6 Å². The van der Waals surface area contributed by atoms with E-state index >= 15 is 0 Å². The highest BCUT2D eigenvalue weighted by Crippen LogP contribution is 2.34. The summed E-state index contributed by atoms with van der Waals surface area (Å²) in [5, 5.41) is 0. The standard InChI is InChI=1S/C18H27BrO4/c1-13(2)8-14(3)6-7-15-9-18(23-12-21-5)16(19)10-17(15)22-11-20-4/h6,9-10,13H,7-8,11-12H2,1-5H3/b14-6+. The van der Waals surface area contributed by atoms with Gasteiger partial charge in [0.25, 0.3) is 0 Å². The maximum Gasteiger partial charge on any atom is 0.188 e. The Morgan fingerprint density at radius 1 is 1.09 bits per heavy atom. The number of ether oxygens (including phenoxy) is 4. The van der Waals surface area contributed by atoms with Crippen LogP contribution in [0.1, 0.15) is 32.8 Å². The molecule has 0 N–H and O–H groups in total. The molecule has 0 saturated carbocycles. The van der Waals surface area contributed by atoms with E-state index in [0.717, 1.165) is 34.4 Å². The molecule has 0 radical (unpaired) electrons. The molecule has 0 atom stereocenters. The second kappa shape index (κ2) is 10.7. The first-order valence-corrected chi connectivity index (χ1v) is 8.48. The third kappa shape index (κ3) is 7.38. The number of halogens is 1. The Labute approximate surface area is 147 Å². The van der Waals surface area contributed by atoms with Crippen LogP contribution in [0.4, 0.5) is 0 Å². The van der Waals surface area contributed by atoms with Crippen molar-refractivity contribution in [3.8, 4) is 11.5 Å². The van der Waals surface area contributed by atoms with E-state index in [1.54, 1.807) is 14.2 Å². The van der Waals surface area contributed by atoms with Crippen LogP contribution in [0.3, 0.4) is 0 Å². The number of hydrogen-bond donors (Lipinski definition) is 0. The molecule has 4 nitrogen and oxygen atoms in total. The molecule has 0 bridgehead atoms. The predicted octanol–water partition coefficient (Wildman–Crippen LogP) is 4.95. The number of allylic oxidation sites excluding steroid dienone is 2. The highest BCUT2D eigenvalue weighted by molar-refractivity contribution is 9.10. The topological polar surface area (TPSA) is 36.9 Å². The van der Waals surface area contributed by atoms with Crippen molar-refractivity contribution in [2.24, 2.45) is 5.92 Å². The molecule has 0 spiro atoms. The Hall–Kier alpha value is -1.04. The van der Waals surface area contributed by atoms with Crippen molar-refractivity contribution in [1.29, 1.82) is 0 Å². The molecule has 1 aromatic rings. The van der Waals surface area contributed by atoms with Gasteiger partial charge in [-0.25, -0.2) is 0 Å². The van der Waals surface area contributed by atoms with Crippen molar-refractivity contribution in [2.45, 2.75) is 33.6 Å². The van der Waals surface area contributed by atoms with Gasteiger partial charge in [0.05, 0.1) is 4.47 Å². The Balaban J connectivity index is 2.98. The largest absolute Gasteiger partial charge is 0.467 e. The third-order valence-corrected chi connectivity index (χ3v) is 3.80. The van der Waals surface area contributed by atoms with Gasteiger partial charge in [0.2, 0.25) is 0 Å². The van der Waals surface area contributed by atoms with Crippen LogP contribution in [0.5, 0.6) is 11.5 Å². The molecule has 0 aliphatic rings. The first-order chi connectivity index (χ1) is 11.0. The van der Waals surface area contributed by atoms with Crippen LogP contribution in [0.15, 0.2) is 28.3 Å². The second-order valence-electron chi connectivity index (χ2n) is 5.84. The molecule has 1 aromatic carbocycles. The Morgan fingerprint density at radius 2 is 1.70 bits per heavy atom. The smallest absolute Gasteiger partial charge is 0.188 e. The lowest BCUT2D eigenvalue weighted by atomic mass is 10.0. The average molecular weight is 387 g/mol. The zero-order valence-electron chi connectivity index (χ0n) is 14.6. The SMILES string of the molecule is COCOc1cc(C/C=C(\C)CC(C)C)c(OCOC)cc1Br. The lowest BCUT2D eigenvalue weighted by Crippen LogP contribution is -2.04. The highest BCUT2D eigenvalue weighted by atomic mass is 79.9. The molecule has 23 heavy (non-hydrogen) atoms. The van der Waals surface area contributed by atoms with Crippen LogP contribution in [0.2, 0.25) is 0 Å². The molecule has 0 unspecified atom stereocenters. The summed E-state index contributed by atoms with van der Waals surface area (Å²) in [6.45, 7) is 7.03. The number of hydrogen-bond acceptors (Lipinski definition) is 4. The van der Waals surface area contributed by atoms with E-state index in [9.17, 15) is 0 Å². The van der Waals surface area contributed by atoms with E-state index in [2.05, 4.69) is 42.8 Å². The van der Waals surface area contributed by atoms with Crippen molar-refractivity contribution < 1.29 is 18.9 Å². The van der Waals surface area contributed by atoms with Gasteiger partial charge in [0, 0.05) is 19.8 Å². The monoisotopic (exact) mass is 386 g/mol. The van der Waals surface area contributed by atoms with E-state index in [0.29, 0.717) is 5.92 Å². The van der Waals surface area contributed by atoms with Gasteiger partial charge in [-0.05, 0) is 53.7 Å². The third-order valence-electron chi connectivity index (χ3n) is 3.18. The lowest BCUT2D eigenvalue weighted by Gasteiger charge is -2.14. The molecule has 1 rings (SSSR count). The van der Waals surface area contributed by atoms with Crippen molar-refractivity contribution in [3.63, 3.8) is 0 Å². The molecule has 5 heteroatoms. The van der Waals surface area contributed by atoms with Crippen LogP contribution in [-0.4, -0.2) is 27.8 Å². The number of benzene rings is 1. The fourth-order valence-electron chi connectivity index (χ4n) is 2.24. The molecule has 0 aromatic heterocycles. The van der Waals surface area contributed by atoms with Crippen molar-refractivity contribution in [2.75, 3.05) is 27.8 Å². The van der Waals surface area contributed by atoms with Gasteiger partial charge in [-0.3, -0.25) is 0 Å². The van der Waals surface area contributed by atoms with Crippen LogP contribution in [0, 0.1) is 5.92 Å². The van der Waals surface area contributed by atoms with Gasteiger partial charge < -0.3 is 18.9 Å². The van der Waals surface area contributed by atoms with Crippen LogP contribution in [0.25, 0.3) is 0 Å². The summed E-state index contributed by atoms with van der Waals surface area (Å²) in [6.07, 6.45) is 4.12. The molecule has 0 fully saturated rings. The molecule has 0 heterocycles. The van der Waals surface area contributed by atoms with Gasteiger partial charge in [0.1, 0.15) is 11.5 Å². The van der Waals surface area contributed by atoms with Crippen molar-refractivity contribution in [3.05, 3.63) is 33.8 Å². The summed E-state index contributed by atoms with van der Waals surface area (Å²) >= 11 is 3.50. The maximum absolute atomic E-state index is 5.67. The minimum Gasteiger partial charge on any atom is -0.467 e. The Morgan fingerprint density at radius 3 is 2.26 bits per heavy atom. The van der Waals surface area contributed by atoms with Crippen molar-refractivity contribution in [1.82, 2.24) is 0 Å². The summed E-state index contributed by atoms with van der Waals surface area (Å²) in [7, 11) is 3.21. The Bertz CT molecular complexity index is 512. The van der Waals surface area contributed by atoms with Crippen molar-refractivity contribution >= 4 is 15.9 Å². The molecule has 0 saturated heterocycles. The molecular formula is C18H27BrO4. The first kappa shape index (κ1) is 20.0. The average Bonchev–Trinajstić information content (AvgIpc) is 2.49. The highest BCUT2D eigenvalue weighted by Gasteiger charge is 2.11. The van der Waals surface area contributed by atoms with Gasteiger partial charge >= 0.3 is 0 Å². The van der Waals surface area contributed by atoms with Gasteiger partial charge in [-0.1, -0.05) is 25.5 Å². The molecule has 0 aliphatic carbocycles. The summed E-state index contributed by atoms with van der Waals surface area (Å²) < 4.78 is 22.1. The Kier molecular flexibility index (Phi) is 9.29. The van der Waals surface area contributed by atoms with E-state index in [1.807, 2.05) is 12.1 Å². The maximum atomic E-state index is 5.67. The van der Waals surface area contributed by atoms with Crippen LogP contribution in [-0.2, 0) is 15.9 Å². The predicted molar refractivity (Wildman–Crippen MR) is 96.1 cm³/mol. The zero-order valence-corrected chi connectivity index (χ0v) is 16.2. The normalized spacial score (nSPS) is 11.9.